The number of aryl methyl sites for hydroxylation is 1. The summed E-state index contributed by atoms with van der Waals surface area (Å²) in [6, 6.07) is 0. The predicted molar refractivity (Wildman–Crippen MR) is 54.9 cm³/mol. The van der Waals surface area contributed by atoms with Crippen LogP contribution < -0.4 is 0 Å². The van der Waals surface area contributed by atoms with Crippen molar-refractivity contribution in [1.82, 2.24) is 9.55 Å². The van der Waals surface area contributed by atoms with Crippen molar-refractivity contribution in [2.75, 3.05) is 6.61 Å². The van der Waals surface area contributed by atoms with Gasteiger partial charge in [0.05, 0.1) is 6.61 Å². The Labute approximate surface area is 92.2 Å². The number of nitro groups is 1. The number of rotatable bonds is 5. The third-order valence-electron chi connectivity index (χ3n) is 2.04. The topological polar surface area (TPSA) is 87.3 Å². The monoisotopic (exact) mass is 227 g/mol. The summed E-state index contributed by atoms with van der Waals surface area (Å²) < 4.78 is 6.00. The molecule has 7 nitrogen and oxygen atoms in total. The van der Waals surface area contributed by atoms with Crippen LogP contribution in [-0.4, -0.2) is 27.1 Å². The molecule has 0 aliphatic heterocycles. The summed E-state index contributed by atoms with van der Waals surface area (Å²) in [5.41, 5.74) is 0.639. The van der Waals surface area contributed by atoms with Crippen molar-refractivity contribution in [1.29, 1.82) is 0 Å². The van der Waals surface area contributed by atoms with Crippen molar-refractivity contribution in [3.8, 4) is 0 Å². The summed E-state index contributed by atoms with van der Waals surface area (Å²) in [6.45, 7) is 3.60. The number of imidazole rings is 1. The van der Waals surface area contributed by atoms with Gasteiger partial charge in [-0.15, -0.1) is 0 Å². The second-order valence-corrected chi connectivity index (χ2v) is 3.05. The first-order chi connectivity index (χ1) is 7.60. The quantitative estimate of drug-likeness (QED) is 0.424. The zero-order chi connectivity index (χ0) is 12.1. The molecule has 0 bridgehead atoms. The number of hydrogen-bond acceptors (Lipinski definition) is 5. The molecule has 1 aromatic rings. The van der Waals surface area contributed by atoms with E-state index in [1.54, 1.807) is 6.92 Å². The van der Waals surface area contributed by atoms with Crippen molar-refractivity contribution in [3.05, 3.63) is 22.0 Å². The second-order valence-electron chi connectivity index (χ2n) is 3.05. The number of aromatic nitrogens is 2. The van der Waals surface area contributed by atoms with E-state index >= 15 is 0 Å². The molecular formula is C9H13N3O4. The Kier molecular flexibility index (Phi) is 3.98. The molecule has 0 amide bonds. The van der Waals surface area contributed by atoms with Crippen molar-refractivity contribution in [2.24, 2.45) is 0 Å². The fraction of sp³-hybridized carbons (Fsp3) is 0.556. The Bertz CT molecular complexity index is 399. The molecule has 16 heavy (non-hydrogen) atoms. The Hall–Kier alpha value is -1.92. The van der Waals surface area contributed by atoms with Crippen LogP contribution in [0.3, 0.4) is 0 Å². The third kappa shape index (κ3) is 2.56. The van der Waals surface area contributed by atoms with E-state index < -0.39 is 10.9 Å². The highest BCUT2D eigenvalue weighted by molar-refractivity contribution is 5.69. The molecule has 0 saturated heterocycles. The summed E-state index contributed by atoms with van der Waals surface area (Å²) in [4.78, 5) is 25.0. The average Bonchev–Trinajstić information content (AvgIpc) is 2.61. The lowest BCUT2D eigenvalue weighted by molar-refractivity contribution is -0.396. The predicted octanol–water partition coefficient (Wildman–Crippen LogP) is 0.917. The molecule has 7 heteroatoms. The van der Waals surface area contributed by atoms with Gasteiger partial charge in [-0.3, -0.25) is 0 Å². The number of carbonyl (C=O) groups excluding carboxylic acids is 1. The first kappa shape index (κ1) is 12.2. The van der Waals surface area contributed by atoms with E-state index in [9.17, 15) is 14.9 Å². The molecule has 1 heterocycles. The van der Waals surface area contributed by atoms with Gasteiger partial charge in [0.2, 0.25) is 0 Å². The van der Waals surface area contributed by atoms with Gasteiger partial charge in [0.25, 0.3) is 0 Å². The highest BCUT2D eigenvalue weighted by atomic mass is 16.6. The third-order valence-corrected chi connectivity index (χ3v) is 2.04. The molecule has 0 spiro atoms. The Morgan fingerprint density at radius 2 is 2.31 bits per heavy atom. The molecule has 0 aliphatic rings. The number of nitrogens with zero attached hydrogens (tertiary/aromatic N) is 3. The Balaban J connectivity index is 2.95. The van der Waals surface area contributed by atoms with Crippen LogP contribution >= 0.6 is 0 Å². The first-order valence-corrected chi connectivity index (χ1v) is 4.94. The van der Waals surface area contributed by atoms with Gasteiger partial charge in [-0.1, -0.05) is 11.9 Å². The van der Waals surface area contributed by atoms with E-state index in [-0.39, 0.29) is 19.1 Å². The van der Waals surface area contributed by atoms with Crippen LogP contribution in [-0.2, 0) is 22.5 Å². The lowest BCUT2D eigenvalue weighted by Crippen LogP contribution is -2.16. The smallest absolute Gasteiger partial charge is 0.435 e. The van der Waals surface area contributed by atoms with Crippen molar-refractivity contribution >= 4 is 11.9 Å². The Morgan fingerprint density at radius 3 is 2.81 bits per heavy atom. The summed E-state index contributed by atoms with van der Waals surface area (Å²) in [5, 5.41) is 10.7. The molecule has 0 N–H and O–H groups in total. The van der Waals surface area contributed by atoms with Crippen LogP contribution in [0.2, 0.25) is 0 Å². The average molecular weight is 227 g/mol. The summed E-state index contributed by atoms with van der Waals surface area (Å²) in [6.07, 6.45) is 1.97. The minimum atomic E-state index is -0.613. The maximum Gasteiger partial charge on any atom is 0.435 e. The molecule has 0 radical (unpaired) electrons. The zero-order valence-corrected chi connectivity index (χ0v) is 9.17. The molecule has 0 saturated carbocycles. The molecule has 0 unspecified atom stereocenters. The lowest BCUT2D eigenvalue weighted by Gasteiger charge is -2.04. The molecule has 0 fully saturated rings. The molecule has 1 rings (SSSR count). The summed E-state index contributed by atoms with van der Waals surface area (Å²) in [7, 11) is 0. The van der Waals surface area contributed by atoms with Gasteiger partial charge in [0, 0.05) is 6.42 Å². The van der Waals surface area contributed by atoms with E-state index in [2.05, 4.69) is 4.98 Å². The standard InChI is InChI=1S/C9H13N3O4/c1-3-7-5-10-9(12(14)15)11(7)6-8(13)16-4-2/h5H,3-4,6H2,1-2H3. The molecular weight excluding hydrogens is 214 g/mol. The first-order valence-electron chi connectivity index (χ1n) is 4.94. The fourth-order valence-corrected chi connectivity index (χ4v) is 1.34. The molecule has 0 aromatic carbocycles. The summed E-state index contributed by atoms with van der Waals surface area (Å²) in [5.74, 6) is -0.830. The van der Waals surface area contributed by atoms with E-state index in [4.69, 9.17) is 4.74 Å². The van der Waals surface area contributed by atoms with Crippen LogP contribution in [0.5, 0.6) is 0 Å². The van der Waals surface area contributed by atoms with Gasteiger partial charge < -0.3 is 14.9 Å². The molecule has 0 atom stereocenters. The van der Waals surface area contributed by atoms with Crippen LogP contribution in [0, 0.1) is 10.1 Å². The van der Waals surface area contributed by atoms with Crippen LogP contribution in [0.4, 0.5) is 5.95 Å². The van der Waals surface area contributed by atoms with Crippen LogP contribution in [0.1, 0.15) is 19.5 Å². The van der Waals surface area contributed by atoms with E-state index in [0.29, 0.717) is 12.1 Å². The van der Waals surface area contributed by atoms with Crippen molar-refractivity contribution in [2.45, 2.75) is 26.8 Å². The van der Waals surface area contributed by atoms with Crippen molar-refractivity contribution < 1.29 is 14.5 Å². The SMILES string of the molecule is CCOC(=O)Cn1c(CC)cnc1[N+](=O)[O-]. The van der Waals surface area contributed by atoms with Crippen molar-refractivity contribution in [3.63, 3.8) is 0 Å². The maximum absolute atomic E-state index is 11.3. The largest absolute Gasteiger partial charge is 0.464 e. The van der Waals surface area contributed by atoms with Gasteiger partial charge in [-0.25, -0.2) is 9.36 Å². The second kappa shape index (κ2) is 5.24. The van der Waals surface area contributed by atoms with Gasteiger partial charge in [-0.05, 0) is 11.8 Å². The number of ether oxygens (including phenoxy) is 1. The molecule has 88 valence electrons. The fourth-order valence-electron chi connectivity index (χ4n) is 1.34. The number of hydrogen-bond donors (Lipinski definition) is 0. The number of carbonyl (C=O) groups is 1. The summed E-state index contributed by atoms with van der Waals surface area (Å²) >= 11 is 0. The van der Waals surface area contributed by atoms with Gasteiger partial charge >= 0.3 is 11.9 Å². The van der Waals surface area contributed by atoms with E-state index in [1.165, 1.54) is 10.8 Å². The van der Waals surface area contributed by atoms with E-state index in [1.807, 2.05) is 6.92 Å². The normalized spacial score (nSPS) is 10.1. The minimum absolute atomic E-state index is 0.173. The zero-order valence-electron chi connectivity index (χ0n) is 9.17. The number of esters is 1. The Morgan fingerprint density at radius 1 is 1.62 bits per heavy atom. The lowest BCUT2D eigenvalue weighted by atomic mass is 10.3. The van der Waals surface area contributed by atoms with E-state index in [0.717, 1.165) is 0 Å². The highest BCUT2D eigenvalue weighted by Crippen LogP contribution is 2.13. The minimum Gasteiger partial charge on any atom is -0.464 e. The molecule has 0 aliphatic carbocycles. The highest BCUT2D eigenvalue weighted by Gasteiger charge is 2.22. The van der Waals surface area contributed by atoms with Gasteiger partial charge in [-0.2, -0.15) is 0 Å². The maximum atomic E-state index is 11.3. The molecule has 1 aromatic heterocycles. The van der Waals surface area contributed by atoms with Gasteiger partial charge in [0.15, 0.2) is 6.54 Å². The van der Waals surface area contributed by atoms with Crippen LogP contribution in [0.25, 0.3) is 0 Å². The van der Waals surface area contributed by atoms with Crippen LogP contribution in [0.15, 0.2) is 6.20 Å². The van der Waals surface area contributed by atoms with Gasteiger partial charge in [0.1, 0.15) is 11.9 Å².